The molecule has 45 heavy (non-hydrogen) atoms. The van der Waals surface area contributed by atoms with E-state index in [1.165, 1.54) is 13.3 Å². The molecule has 3 heterocycles. The number of nitrogens with zero attached hydrogens (tertiary/aromatic N) is 6. The van der Waals surface area contributed by atoms with E-state index in [0.717, 1.165) is 0 Å². The van der Waals surface area contributed by atoms with Crippen molar-refractivity contribution in [3.05, 3.63) is 76.6 Å². The monoisotopic (exact) mass is 634 g/mol. The predicted octanol–water partition coefficient (Wildman–Crippen LogP) is 7.46. The fourth-order valence-electron chi connectivity index (χ4n) is 5.44. The number of hydrogen-bond acceptors (Lipinski definition) is 8. The van der Waals surface area contributed by atoms with Crippen LogP contribution in [0.2, 0.25) is 5.02 Å². The molecule has 0 radical (unpaired) electrons. The Morgan fingerprint density at radius 3 is 2.58 bits per heavy atom. The number of benzene rings is 2. The van der Waals surface area contributed by atoms with E-state index in [9.17, 15) is 14.0 Å². The van der Waals surface area contributed by atoms with Crippen LogP contribution in [0.5, 0.6) is 5.88 Å². The molecule has 9 nitrogen and oxygen atoms in total. The van der Waals surface area contributed by atoms with E-state index in [0.29, 0.717) is 66.3 Å². The third-order valence-corrected chi connectivity index (χ3v) is 8.25. The Labute approximate surface area is 262 Å². The van der Waals surface area contributed by atoms with Crippen LogP contribution < -0.4 is 15.4 Å². The van der Waals surface area contributed by atoms with Crippen LogP contribution >= 0.6 is 11.6 Å². The van der Waals surface area contributed by atoms with Gasteiger partial charge in [0.05, 0.1) is 28.9 Å². The first-order chi connectivity index (χ1) is 21.5. The van der Waals surface area contributed by atoms with Crippen LogP contribution in [0.1, 0.15) is 56.5 Å². The second-order valence-electron chi connectivity index (χ2n) is 12.3. The number of nitriles is 1. The molecule has 1 aliphatic carbocycles. The third-order valence-electron chi connectivity index (χ3n) is 7.96. The fourth-order valence-corrected chi connectivity index (χ4v) is 5.71. The van der Waals surface area contributed by atoms with Gasteiger partial charge >= 0.3 is 0 Å². The maximum atomic E-state index is 16.2. The summed E-state index contributed by atoms with van der Waals surface area (Å²) >= 11 is 6.74. The number of methoxy groups -OCH3 is 1. The zero-order chi connectivity index (χ0) is 32.1. The molecule has 1 fully saturated rings. The Morgan fingerprint density at radius 1 is 1.13 bits per heavy atom. The molecule has 0 unspecified atom stereocenters. The van der Waals surface area contributed by atoms with E-state index >= 15 is 4.39 Å². The number of anilines is 2. The molecular weight excluding hydrogens is 605 g/mol. The lowest BCUT2D eigenvalue weighted by atomic mass is 9.96. The van der Waals surface area contributed by atoms with Gasteiger partial charge in [-0.3, -0.25) is 4.98 Å². The minimum absolute atomic E-state index is 0.0957. The number of ether oxygens (including phenoxy) is 1. The standard InChI is InChI=1S/C32H30ClF3N8O/c1-31(2,3)16-40-24-17(14-37)15-39-25-22(24)12-18(13-23(25)33)41-26(20-6-5-7-21-19(20)8-11-38-29(21)45-4)27-28(34)44(43-42-27)32(9-10-32)30(35)36/h5-8,11-13,15,26,30,41H,9-10,16H2,1-4H3,(H,39,40)/t26-/m0/s1. The first-order valence-corrected chi connectivity index (χ1v) is 14.7. The first-order valence-electron chi connectivity index (χ1n) is 14.3. The normalized spacial score (nSPS) is 14.8. The van der Waals surface area contributed by atoms with Gasteiger partial charge in [-0.1, -0.05) is 49.7 Å². The van der Waals surface area contributed by atoms with Crippen molar-refractivity contribution in [1.29, 1.82) is 5.26 Å². The van der Waals surface area contributed by atoms with Gasteiger partial charge in [-0.25, -0.2) is 18.4 Å². The van der Waals surface area contributed by atoms with Crippen LogP contribution in [0.4, 0.5) is 24.5 Å². The van der Waals surface area contributed by atoms with Crippen LogP contribution in [0.3, 0.4) is 0 Å². The van der Waals surface area contributed by atoms with Gasteiger partial charge in [-0.2, -0.15) is 9.65 Å². The summed E-state index contributed by atoms with van der Waals surface area (Å²) < 4.78 is 50.3. The zero-order valence-corrected chi connectivity index (χ0v) is 25.8. The highest BCUT2D eigenvalue weighted by Crippen LogP contribution is 2.49. The molecule has 13 heteroatoms. The number of halogens is 4. The number of rotatable bonds is 9. The number of nitrogens with one attached hydrogen (secondary N) is 2. The van der Waals surface area contributed by atoms with Crippen LogP contribution in [0.15, 0.2) is 48.8 Å². The van der Waals surface area contributed by atoms with E-state index in [2.05, 4.69) is 57.8 Å². The minimum atomic E-state index is -2.80. The van der Waals surface area contributed by atoms with Crippen molar-refractivity contribution < 1.29 is 17.9 Å². The second kappa shape index (κ2) is 11.4. The van der Waals surface area contributed by atoms with Crippen molar-refractivity contribution in [3.63, 3.8) is 0 Å². The summed E-state index contributed by atoms with van der Waals surface area (Å²) in [6.07, 6.45) is 0.426. The lowest BCUT2D eigenvalue weighted by Crippen LogP contribution is -2.29. The van der Waals surface area contributed by atoms with Gasteiger partial charge in [0.15, 0.2) is 0 Å². The summed E-state index contributed by atoms with van der Waals surface area (Å²) in [4.78, 5) is 8.70. The highest BCUT2D eigenvalue weighted by Gasteiger charge is 2.56. The molecule has 1 saturated carbocycles. The van der Waals surface area contributed by atoms with Crippen molar-refractivity contribution >= 4 is 44.7 Å². The van der Waals surface area contributed by atoms with Gasteiger partial charge < -0.3 is 15.4 Å². The van der Waals surface area contributed by atoms with Gasteiger partial charge in [-0.15, -0.1) is 5.10 Å². The summed E-state index contributed by atoms with van der Waals surface area (Å²) in [7, 11) is 1.50. The van der Waals surface area contributed by atoms with E-state index < -0.39 is 24.0 Å². The average Bonchev–Trinajstić information content (AvgIpc) is 3.73. The molecule has 1 aliphatic rings. The van der Waals surface area contributed by atoms with Gasteiger partial charge in [0.1, 0.15) is 23.3 Å². The summed E-state index contributed by atoms with van der Waals surface area (Å²) in [5.41, 5.74) is 0.410. The van der Waals surface area contributed by atoms with Crippen molar-refractivity contribution in [2.45, 2.75) is 51.6 Å². The quantitative estimate of drug-likeness (QED) is 0.172. The maximum absolute atomic E-state index is 16.2. The minimum Gasteiger partial charge on any atom is -0.481 e. The summed E-state index contributed by atoms with van der Waals surface area (Å²) in [5, 5.41) is 26.8. The number of hydrogen-bond donors (Lipinski definition) is 2. The lowest BCUT2D eigenvalue weighted by Gasteiger charge is -2.23. The molecule has 2 N–H and O–H groups in total. The Balaban J connectivity index is 1.53. The van der Waals surface area contributed by atoms with Crippen LogP contribution in [0.25, 0.3) is 21.7 Å². The van der Waals surface area contributed by atoms with E-state index in [4.69, 9.17) is 16.3 Å². The van der Waals surface area contributed by atoms with Crippen molar-refractivity contribution in [1.82, 2.24) is 25.0 Å². The molecule has 0 saturated heterocycles. The average molecular weight is 635 g/mol. The van der Waals surface area contributed by atoms with Crippen LogP contribution in [-0.4, -0.2) is 45.0 Å². The van der Waals surface area contributed by atoms with E-state index in [-0.39, 0.29) is 24.0 Å². The first kappa shape index (κ1) is 30.4. The maximum Gasteiger partial charge on any atom is 0.263 e. The van der Waals surface area contributed by atoms with Crippen molar-refractivity contribution in [2.24, 2.45) is 5.41 Å². The molecule has 232 valence electrons. The van der Waals surface area contributed by atoms with Gasteiger partial charge in [0, 0.05) is 35.4 Å². The highest BCUT2D eigenvalue weighted by molar-refractivity contribution is 6.35. The number of alkyl halides is 2. The van der Waals surface area contributed by atoms with Gasteiger partial charge in [0.2, 0.25) is 11.8 Å². The molecule has 0 spiro atoms. The lowest BCUT2D eigenvalue weighted by molar-refractivity contribution is 0.0524. The number of fused-ring (bicyclic) bond motifs is 2. The summed E-state index contributed by atoms with van der Waals surface area (Å²) in [5.74, 6) is -0.596. The van der Waals surface area contributed by atoms with Gasteiger partial charge in [0.25, 0.3) is 6.43 Å². The second-order valence-corrected chi connectivity index (χ2v) is 12.8. The van der Waals surface area contributed by atoms with E-state index in [1.54, 1.807) is 36.5 Å². The number of aromatic nitrogens is 5. The SMILES string of the molecule is COc1nccc2c([C@H](Nc3cc(Cl)c4ncc(C#N)c(NCC(C)(C)C)c4c3)c3nnn(C4(C(F)F)CC4)c3F)cccc12. The molecule has 0 bridgehead atoms. The molecule has 6 rings (SSSR count). The molecular formula is C32H30ClF3N8O. The third kappa shape index (κ3) is 5.46. The molecule has 0 amide bonds. The Bertz CT molecular complexity index is 1960. The Morgan fingerprint density at radius 2 is 1.91 bits per heavy atom. The van der Waals surface area contributed by atoms with Crippen molar-refractivity contribution in [3.8, 4) is 11.9 Å². The van der Waals surface area contributed by atoms with Crippen LogP contribution in [-0.2, 0) is 5.54 Å². The van der Waals surface area contributed by atoms with Crippen molar-refractivity contribution in [2.75, 3.05) is 24.3 Å². The Hall–Kier alpha value is -4.63. The molecule has 0 aliphatic heterocycles. The summed E-state index contributed by atoms with van der Waals surface area (Å²) in [6, 6.07) is 11.7. The predicted molar refractivity (Wildman–Crippen MR) is 166 cm³/mol. The van der Waals surface area contributed by atoms with Crippen LogP contribution in [0, 0.1) is 22.7 Å². The summed E-state index contributed by atoms with van der Waals surface area (Å²) in [6.45, 7) is 6.76. The number of pyridine rings is 2. The molecule has 1 atom stereocenters. The topological polar surface area (TPSA) is 114 Å². The van der Waals surface area contributed by atoms with Gasteiger partial charge in [-0.05, 0) is 53.5 Å². The molecule has 5 aromatic rings. The Kier molecular flexibility index (Phi) is 7.69. The largest absolute Gasteiger partial charge is 0.481 e. The zero-order valence-electron chi connectivity index (χ0n) is 25.0. The molecule has 3 aromatic heterocycles. The highest BCUT2D eigenvalue weighted by atomic mass is 35.5. The molecule has 2 aromatic carbocycles. The smallest absolute Gasteiger partial charge is 0.263 e. The fraction of sp³-hybridized carbons (Fsp3) is 0.344. The van der Waals surface area contributed by atoms with E-state index in [1.807, 2.05) is 6.07 Å².